The monoisotopic (exact) mass is 333 g/mol. The average Bonchev–Trinajstić information content (AvgIpc) is 2.58. The lowest BCUT2D eigenvalue weighted by Gasteiger charge is -2.20. The first-order chi connectivity index (χ1) is 11.5. The lowest BCUT2D eigenvalue weighted by Crippen LogP contribution is -2.38. The van der Waals surface area contributed by atoms with Crippen LogP contribution in [0.15, 0.2) is 47.4 Å². The molecule has 0 saturated heterocycles. The predicted molar refractivity (Wildman–Crippen MR) is 89.6 cm³/mol. The second-order valence-corrected chi connectivity index (χ2v) is 5.21. The zero-order chi connectivity index (χ0) is 17.5. The lowest BCUT2D eigenvalue weighted by molar-refractivity contribution is 0.192. The summed E-state index contributed by atoms with van der Waals surface area (Å²) in [4.78, 5) is 26.0. The predicted octanol–water partition coefficient (Wildman–Crippen LogP) is 1.88. The summed E-state index contributed by atoms with van der Waals surface area (Å²) in [5.41, 5.74) is 0.577. The molecule has 0 bridgehead atoms. The topological polar surface area (TPSA) is 74.6 Å². The highest BCUT2D eigenvalue weighted by Gasteiger charge is 2.13. The van der Waals surface area contributed by atoms with Crippen LogP contribution in [0.3, 0.4) is 0 Å². The van der Waals surface area contributed by atoms with E-state index in [-0.39, 0.29) is 36.8 Å². The van der Waals surface area contributed by atoms with E-state index in [9.17, 15) is 14.0 Å². The average molecular weight is 333 g/mol. The van der Waals surface area contributed by atoms with Gasteiger partial charge in [0.2, 0.25) is 0 Å². The highest BCUT2D eigenvalue weighted by Crippen LogP contribution is 2.06. The van der Waals surface area contributed by atoms with E-state index >= 15 is 0 Å². The van der Waals surface area contributed by atoms with E-state index in [0.717, 1.165) is 5.56 Å². The molecule has 0 spiro atoms. The Morgan fingerprint density at radius 3 is 2.62 bits per heavy atom. The Kier molecular flexibility index (Phi) is 6.08. The number of carbonyl (C=O) groups excluding carboxylic acids is 1. The first-order valence-electron chi connectivity index (χ1n) is 7.65. The summed E-state index contributed by atoms with van der Waals surface area (Å²) in [5, 5.41) is 11.5. The van der Waals surface area contributed by atoms with Crippen molar-refractivity contribution in [3.8, 4) is 0 Å². The van der Waals surface area contributed by atoms with Gasteiger partial charge < -0.3 is 19.9 Å². The van der Waals surface area contributed by atoms with E-state index in [1.807, 2.05) is 0 Å². The number of carbonyl (C=O) groups is 1. The van der Waals surface area contributed by atoms with E-state index in [1.165, 1.54) is 27.7 Å². The maximum atomic E-state index is 12.9. The van der Waals surface area contributed by atoms with Crippen LogP contribution in [0.1, 0.15) is 12.5 Å². The Hall–Kier alpha value is -2.67. The summed E-state index contributed by atoms with van der Waals surface area (Å²) in [6.45, 7) is 2.52. The number of nitrogens with zero attached hydrogens (tertiary/aromatic N) is 2. The van der Waals surface area contributed by atoms with E-state index in [0.29, 0.717) is 6.54 Å². The fraction of sp³-hybridized carbons (Fsp3) is 0.294. The molecule has 0 saturated carbocycles. The number of halogens is 1. The zero-order valence-electron chi connectivity index (χ0n) is 13.4. The molecule has 7 heteroatoms. The molecule has 24 heavy (non-hydrogen) atoms. The van der Waals surface area contributed by atoms with Crippen LogP contribution in [0.4, 0.5) is 14.9 Å². The normalized spacial score (nSPS) is 10.5. The molecule has 2 rings (SSSR count). The van der Waals surface area contributed by atoms with Crippen LogP contribution in [0, 0.1) is 5.82 Å². The van der Waals surface area contributed by atoms with Gasteiger partial charge in [-0.05, 0) is 36.8 Å². The number of aromatic nitrogens is 1. The van der Waals surface area contributed by atoms with E-state index in [4.69, 9.17) is 5.11 Å². The van der Waals surface area contributed by atoms with Gasteiger partial charge in [-0.3, -0.25) is 4.79 Å². The smallest absolute Gasteiger partial charge is 0.322 e. The van der Waals surface area contributed by atoms with Crippen LogP contribution in [0.5, 0.6) is 0 Å². The Bertz CT molecular complexity index is 743. The number of likely N-dealkylation sites (N-methyl/N-ethyl adjacent to an activating group) is 1. The zero-order valence-corrected chi connectivity index (χ0v) is 13.4. The molecular weight excluding hydrogens is 313 g/mol. The van der Waals surface area contributed by atoms with Crippen molar-refractivity contribution < 1.29 is 14.3 Å². The van der Waals surface area contributed by atoms with Crippen molar-refractivity contribution in [2.24, 2.45) is 0 Å². The molecule has 2 aromatic rings. The number of rotatable bonds is 6. The third kappa shape index (κ3) is 4.42. The fourth-order valence-electron chi connectivity index (χ4n) is 2.26. The Morgan fingerprint density at radius 1 is 1.29 bits per heavy atom. The minimum atomic E-state index is -0.441. The van der Waals surface area contributed by atoms with Crippen LogP contribution in [-0.2, 0) is 6.54 Å². The van der Waals surface area contributed by atoms with E-state index < -0.39 is 6.03 Å². The van der Waals surface area contributed by atoms with Crippen molar-refractivity contribution >= 4 is 11.7 Å². The van der Waals surface area contributed by atoms with Crippen LogP contribution in [0.2, 0.25) is 0 Å². The molecule has 6 nitrogen and oxygen atoms in total. The third-order valence-electron chi connectivity index (χ3n) is 3.57. The van der Waals surface area contributed by atoms with Crippen LogP contribution in [0.25, 0.3) is 0 Å². The van der Waals surface area contributed by atoms with Gasteiger partial charge in [-0.25, -0.2) is 9.18 Å². The van der Waals surface area contributed by atoms with Crippen molar-refractivity contribution in [2.45, 2.75) is 13.5 Å². The third-order valence-corrected chi connectivity index (χ3v) is 3.57. The summed E-state index contributed by atoms with van der Waals surface area (Å²) in [5.74, 6) is -0.337. The Labute approximate surface area is 139 Å². The number of pyridine rings is 1. The molecule has 0 fully saturated rings. The number of hydrogen-bond acceptors (Lipinski definition) is 3. The van der Waals surface area contributed by atoms with E-state index in [1.54, 1.807) is 31.3 Å². The van der Waals surface area contributed by atoms with Crippen LogP contribution >= 0.6 is 0 Å². The van der Waals surface area contributed by atoms with Gasteiger partial charge in [-0.2, -0.15) is 0 Å². The number of nitrogens with one attached hydrogen (secondary N) is 1. The van der Waals surface area contributed by atoms with Gasteiger partial charge in [-0.15, -0.1) is 0 Å². The number of aliphatic hydroxyl groups is 1. The second kappa shape index (κ2) is 8.26. The van der Waals surface area contributed by atoms with Gasteiger partial charge in [0, 0.05) is 19.3 Å². The first kappa shape index (κ1) is 17.7. The van der Waals surface area contributed by atoms with Crippen LogP contribution in [-0.4, -0.2) is 40.3 Å². The van der Waals surface area contributed by atoms with Crippen LogP contribution < -0.4 is 10.9 Å². The summed E-state index contributed by atoms with van der Waals surface area (Å²) in [6.07, 6.45) is 1.60. The molecule has 128 valence electrons. The Balaban J connectivity index is 2.17. The van der Waals surface area contributed by atoms with Gasteiger partial charge >= 0.3 is 6.03 Å². The molecule has 0 aliphatic carbocycles. The number of aliphatic hydroxyl groups excluding tert-OH is 1. The molecule has 0 atom stereocenters. The molecule has 0 aliphatic heterocycles. The second-order valence-electron chi connectivity index (χ2n) is 5.21. The molecule has 2 amide bonds. The highest BCUT2D eigenvalue weighted by molar-refractivity contribution is 5.89. The van der Waals surface area contributed by atoms with Crippen molar-refractivity contribution in [3.05, 3.63) is 64.3 Å². The summed E-state index contributed by atoms with van der Waals surface area (Å²) < 4.78 is 14.4. The molecule has 1 aromatic heterocycles. The van der Waals surface area contributed by atoms with E-state index in [2.05, 4.69) is 5.32 Å². The molecule has 0 unspecified atom stereocenters. The summed E-state index contributed by atoms with van der Waals surface area (Å²) in [7, 11) is 0. The van der Waals surface area contributed by atoms with Crippen molar-refractivity contribution in [1.29, 1.82) is 0 Å². The maximum absolute atomic E-state index is 12.9. The van der Waals surface area contributed by atoms with Crippen molar-refractivity contribution in [2.75, 3.05) is 25.0 Å². The van der Waals surface area contributed by atoms with Crippen molar-refractivity contribution in [3.63, 3.8) is 0 Å². The standard InChI is InChI=1S/C17H20FN3O3/c1-2-20(10-11-22)17(24)19-15-4-3-9-21(16(15)23)12-13-5-7-14(18)8-6-13/h3-9,22H,2,10-12H2,1H3,(H,19,24). The number of amides is 2. The minimum absolute atomic E-state index is 0.148. The van der Waals surface area contributed by atoms with Crippen molar-refractivity contribution in [1.82, 2.24) is 9.47 Å². The first-order valence-corrected chi connectivity index (χ1v) is 7.65. The number of hydrogen-bond donors (Lipinski definition) is 2. The quantitative estimate of drug-likeness (QED) is 0.848. The molecule has 0 aliphatic rings. The largest absolute Gasteiger partial charge is 0.395 e. The lowest BCUT2D eigenvalue weighted by atomic mass is 10.2. The summed E-state index contributed by atoms with van der Waals surface area (Å²) >= 11 is 0. The number of anilines is 1. The molecule has 1 aromatic carbocycles. The molecule has 0 radical (unpaired) electrons. The molecular formula is C17H20FN3O3. The van der Waals surface area contributed by atoms with Gasteiger partial charge in [-0.1, -0.05) is 12.1 Å². The highest BCUT2D eigenvalue weighted by atomic mass is 19.1. The number of urea groups is 1. The summed E-state index contributed by atoms with van der Waals surface area (Å²) in [6, 6.07) is 8.61. The minimum Gasteiger partial charge on any atom is -0.395 e. The maximum Gasteiger partial charge on any atom is 0.322 e. The fourth-order valence-corrected chi connectivity index (χ4v) is 2.26. The van der Waals surface area contributed by atoms with Gasteiger partial charge in [0.1, 0.15) is 11.5 Å². The van der Waals surface area contributed by atoms with Gasteiger partial charge in [0.25, 0.3) is 5.56 Å². The molecule has 2 N–H and O–H groups in total. The SMILES string of the molecule is CCN(CCO)C(=O)Nc1cccn(Cc2ccc(F)cc2)c1=O. The van der Waals surface area contributed by atoms with Gasteiger partial charge in [0.15, 0.2) is 0 Å². The Morgan fingerprint density at radius 2 is 2.00 bits per heavy atom. The number of benzene rings is 1. The van der Waals surface area contributed by atoms with Gasteiger partial charge in [0.05, 0.1) is 13.2 Å². The molecule has 1 heterocycles.